The molecule has 3 nitrogen and oxygen atoms in total. The highest BCUT2D eigenvalue weighted by atomic mass is 16.2. The van der Waals surface area contributed by atoms with Gasteiger partial charge in [-0.15, -0.1) is 6.58 Å². The summed E-state index contributed by atoms with van der Waals surface area (Å²) >= 11 is 0. The van der Waals surface area contributed by atoms with Crippen LogP contribution in [0.2, 0.25) is 0 Å². The van der Waals surface area contributed by atoms with E-state index in [1.165, 1.54) is 0 Å². The van der Waals surface area contributed by atoms with Crippen molar-refractivity contribution >= 4 is 5.91 Å². The molecule has 0 aromatic carbocycles. The summed E-state index contributed by atoms with van der Waals surface area (Å²) in [7, 11) is 1.91. The van der Waals surface area contributed by atoms with Gasteiger partial charge in [0.25, 0.3) is 0 Å². The lowest BCUT2D eigenvalue weighted by molar-refractivity contribution is -0.131. The van der Waals surface area contributed by atoms with Gasteiger partial charge in [-0.05, 0) is 44.7 Å². The standard InChI is InChI=1S/C13H24N2O/c1-3-4-5-10-15(2)13(16)11-12-6-8-14-9-7-12/h3,12,14H,1,4-11H2,2H3. The predicted molar refractivity (Wildman–Crippen MR) is 67.3 cm³/mol. The van der Waals surface area contributed by atoms with E-state index in [-0.39, 0.29) is 0 Å². The van der Waals surface area contributed by atoms with E-state index in [1.807, 2.05) is 18.0 Å². The number of unbranched alkanes of at least 4 members (excludes halogenated alkanes) is 1. The lowest BCUT2D eigenvalue weighted by Gasteiger charge is -2.24. The number of nitrogens with zero attached hydrogens (tertiary/aromatic N) is 1. The Morgan fingerprint density at radius 2 is 2.19 bits per heavy atom. The van der Waals surface area contributed by atoms with Gasteiger partial charge in [0.1, 0.15) is 0 Å². The molecule has 16 heavy (non-hydrogen) atoms. The van der Waals surface area contributed by atoms with Crippen molar-refractivity contribution < 1.29 is 4.79 Å². The number of amides is 1. The molecule has 1 aliphatic rings. The second kappa shape index (κ2) is 7.44. The van der Waals surface area contributed by atoms with Gasteiger partial charge in [0.15, 0.2) is 0 Å². The molecule has 1 fully saturated rings. The lowest BCUT2D eigenvalue weighted by atomic mass is 9.94. The first kappa shape index (κ1) is 13.2. The van der Waals surface area contributed by atoms with Crippen molar-refractivity contribution in [2.45, 2.75) is 32.1 Å². The summed E-state index contributed by atoms with van der Waals surface area (Å²) in [4.78, 5) is 13.8. The molecule has 1 aliphatic heterocycles. The molecule has 0 spiro atoms. The second-order valence-electron chi connectivity index (χ2n) is 4.64. The number of piperidine rings is 1. The van der Waals surface area contributed by atoms with Gasteiger partial charge in [0.2, 0.25) is 5.91 Å². The number of carbonyl (C=O) groups excluding carboxylic acids is 1. The Hall–Kier alpha value is -0.830. The zero-order valence-electron chi connectivity index (χ0n) is 10.4. The van der Waals surface area contributed by atoms with Crippen LogP contribution < -0.4 is 5.32 Å². The molecule has 0 bridgehead atoms. The fourth-order valence-electron chi connectivity index (χ4n) is 2.09. The van der Waals surface area contributed by atoms with Crippen molar-refractivity contribution in [3.63, 3.8) is 0 Å². The number of hydrogen-bond acceptors (Lipinski definition) is 2. The SMILES string of the molecule is C=CCCCN(C)C(=O)CC1CCNCC1. The second-order valence-corrected chi connectivity index (χ2v) is 4.64. The smallest absolute Gasteiger partial charge is 0.222 e. The minimum atomic E-state index is 0.302. The molecule has 0 aromatic heterocycles. The van der Waals surface area contributed by atoms with E-state index >= 15 is 0 Å². The van der Waals surface area contributed by atoms with Gasteiger partial charge in [-0.25, -0.2) is 0 Å². The largest absolute Gasteiger partial charge is 0.346 e. The minimum Gasteiger partial charge on any atom is -0.346 e. The zero-order chi connectivity index (χ0) is 11.8. The quantitative estimate of drug-likeness (QED) is 0.551. The van der Waals surface area contributed by atoms with Gasteiger partial charge in [0, 0.05) is 20.0 Å². The van der Waals surface area contributed by atoms with E-state index in [9.17, 15) is 4.79 Å². The van der Waals surface area contributed by atoms with E-state index < -0.39 is 0 Å². The maximum Gasteiger partial charge on any atom is 0.222 e. The summed E-state index contributed by atoms with van der Waals surface area (Å²) in [6.07, 6.45) is 6.94. The fourth-order valence-corrected chi connectivity index (χ4v) is 2.09. The van der Waals surface area contributed by atoms with Gasteiger partial charge >= 0.3 is 0 Å². The van der Waals surface area contributed by atoms with Crippen molar-refractivity contribution in [3.8, 4) is 0 Å². The van der Waals surface area contributed by atoms with E-state index in [4.69, 9.17) is 0 Å². The fraction of sp³-hybridized carbons (Fsp3) is 0.769. The van der Waals surface area contributed by atoms with Crippen LogP contribution in [0, 0.1) is 5.92 Å². The third-order valence-electron chi connectivity index (χ3n) is 3.25. The molecule has 0 aromatic rings. The molecule has 0 atom stereocenters. The van der Waals surface area contributed by atoms with Crippen LogP contribution in [0.5, 0.6) is 0 Å². The van der Waals surface area contributed by atoms with E-state index in [0.717, 1.165) is 51.7 Å². The van der Waals surface area contributed by atoms with Crippen molar-refractivity contribution in [1.29, 1.82) is 0 Å². The van der Waals surface area contributed by atoms with Crippen molar-refractivity contribution in [3.05, 3.63) is 12.7 Å². The Bertz CT molecular complexity index is 222. The van der Waals surface area contributed by atoms with Crippen LogP contribution >= 0.6 is 0 Å². The number of rotatable bonds is 6. The molecule has 1 saturated heterocycles. The third-order valence-corrected chi connectivity index (χ3v) is 3.25. The Labute approximate surface area is 98.9 Å². The first-order chi connectivity index (χ1) is 7.74. The summed E-state index contributed by atoms with van der Waals surface area (Å²) in [6, 6.07) is 0. The lowest BCUT2D eigenvalue weighted by Crippen LogP contribution is -2.33. The minimum absolute atomic E-state index is 0.302. The molecule has 92 valence electrons. The average Bonchev–Trinajstić information content (AvgIpc) is 2.30. The maximum absolute atomic E-state index is 11.9. The summed E-state index contributed by atoms with van der Waals surface area (Å²) in [5, 5.41) is 3.32. The zero-order valence-corrected chi connectivity index (χ0v) is 10.4. The highest BCUT2D eigenvalue weighted by molar-refractivity contribution is 5.76. The molecular formula is C13H24N2O. The van der Waals surface area contributed by atoms with Crippen LogP contribution in [0.1, 0.15) is 32.1 Å². The van der Waals surface area contributed by atoms with Crippen LogP contribution in [-0.2, 0) is 4.79 Å². The van der Waals surface area contributed by atoms with Gasteiger partial charge in [0.05, 0.1) is 0 Å². The maximum atomic E-state index is 11.9. The molecular weight excluding hydrogens is 200 g/mol. The Morgan fingerprint density at radius 3 is 2.81 bits per heavy atom. The highest BCUT2D eigenvalue weighted by Crippen LogP contribution is 2.16. The van der Waals surface area contributed by atoms with Crippen molar-refractivity contribution in [2.75, 3.05) is 26.7 Å². The Balaban J connectivity index is 2.19. The van der Waals surface area contributed by atoms with Gasteiger partial charge in [-0.1, -0.05) is 6.08 Å². The van der Waals surface area contributed by atoms with Crippen LogP contribution in [-0.4, -0.2) is 37.5 Å². The summed E-state index contributed by atoms with van der Waals surface area (Å²) in [6.45, 7) is 6.68. The van der Waals surface area contributed by atoms with E-state index in [1.54, 1.807) is 0 Å². The molecule has 0 saturated carbocycles. The number of allylic oxidation sites excluding steroid dienone is 1. The van der Waals surface area contributed by atoms with E-state index in [2.05, 4.69) is 11.9 Å². The predicted octanol–water partition coefficient (Wildman–Crippen LogP) is 1.80. The number of hydrogen-bond donors (Lipinski definition) is 1. The topological polar surface area (TPSA) is 32.3 Å². The average molecular weight is 224 g/mol. The van der Waals surface area contributed by atoms with Crippen LogP contribution in [0.25, 0.3) is 0 Å². The monoisotopic (exact) mass is 224 g/mol. The molecule has 0 aliphatic carbocycles. The summed E-state index contributed by atoms with van der Waals surface area (Å²) < 4.78 is 0. The van der Waals surface area contributed by atoms with E-state index in [0.29, 0.717) is 11.8 Å². The van der Waals surface area contributed by atoms with Crippen LogP contribution in [0.15, 0.2) is 12.7 Å². The molecule has 1 heterocycles. The Kier molecular flexibility index (Phi) is 6.16. The molecule has 0 radical (unpaired) electrons. The normalized spacial score (nSPS) is 17.1. The van der Waals surface area contributed by atoms with Crippen LogP contribution in [0.3, 0.4) is 0 Å². The first-order valence-electron chi connectivity index (χ1n) is 6.29. The number of carbonyl (C=O) groups is 1. The third kappa shape index (κ3) is 4.79. The van der Waals surface area contributed by atoms with Gasteiger partial charge < -0.3 is 10.2 Å². The molecule has 0 unspecified atom stereocenters. The van der Waals surface area contributed by atoms with Crippen molar-refractivity contribution in [2.24, 2.45) is 5.92 Å². The van der Waals surface area contributed by atoms with Crippen LogP contribution in [0.4, 0.5) is 0 Å². The van der Waals surface area contributed by atoms with Crippen molar-refractivity contribution in [1.82, 2.24) is 10.2 Å². The first-order valence-corrected chi connectivity index (χ1v) is 6.29. The molecule has 1 N–H and O–H groups in total. The molecule has 1 amide bonds. The summed E-state index contributed by atoms with van der Waals surface area (Å²) in [5.74, 6) is 0.895. The van der Waals surface area contributed by atoms with Gasteiger partial charge in [-0.2, -0.15) is 0 Å². The Morgan fingerprint density at radius 1 is 1.50 bits per heavy atom. The number of nitrogens with one attached hydrogen (secondary N) is 1. The molecule has 3 heteroatoms. The summed E-state index contributed by atoms with van der Waals surface area (Å²) in [5.41, 5.74) is 0. The molecule has 1 rings (SSSR count). The highest BCUT2D eigenvalue weighted by Gasteiger charge is 2.18. The van der Waals surface area contributed by atoms with Gasteiger partial charge in [-0.3, -0.25) is 4.79 Å².